The first-order chi connectivity index (χ1) is 5.40. The Kier molecular flexibility index (Phi) is 1.10. The molecule has 2 aromatic heterocycles. The lowest BCUT2D eigenvalue weighted by Gasteiger charge is -1.89. The summed E-state index contributed by atoms with van der Waals surface area (Å²) in [7, 11) is 0. The molecule has 0 aliphatic carbocycles. The highest BCUT2D eigenvalue weighted by atomic mass is 15.2. The van der Waals surface area contributed by atoms with E-state index in [1.165, 1.54) is 0 Å². The van der Waals surface area contributed by atoms with Gasteiger partial charge in [0.1, 0.15) is 11.8 Å². The van der Waals surface area contributed by atoms with Crippen molar-refractivity contribution in [3.8, 4) is 6.07 Å². The molecular formula is C7H4N4. The molecule has 0 bridgehead atoms. The minimum absolute atomic E-state index is 0.415. The van der Waals surface area contributed by atoms with Crippen LogP contribution in [0.25, 0.3) is 5.65 Å². The van der Waals surface area contributed by atoms with E-state index >= 15 is 0 Å². The van der Waals surface area contributed by atoms with E-state index in [4.69, 9.17) is 5.26 Å². The Bertz CT molecular complexity index is 423. The smallest absolute Gasteiger partial charge is 0.156 e. The van der Waals surface area contributed by atoms with Crippen LogP contribution in [0.4, 0.5) is 0 Å². The molecule has 0 saturated carbocycles. The second-order valence-electron chi connectivity index (χ2n) is 2.06. The minimum atomic E-state index is 0.415. The van der Waals surface area contributed by atoms with Crippen LogP contribution in [0.2, 0.25) is 0 Å². The standard InChI is InChI=1S/C7H4N4/c8-5-6-2-4-11-7(10-6)1-3-9-11/h1-4H. The first kappa shape index (κ1) is 5.86. The lowest BCUT2D eigenvalue weighted by Crippen LogP contribution is -1.90. The van der Waals surface area contributed by atoms with E-state index in [9.17, 15) is 0 Å². The number of nitrogens with zero attached hydrogens (tertiary/aromatic N) is 4. The van der Waals surface area contributed by atoms with Crippen LogP contribution in [0.3, 0.4) is 0 Å². The molecule has 0 aliphatic heterocycles. The van der Waals surface area contributed by atoms with E-state index in [-0.39, 0.29) is 0 Å². The molecule has 0 N–H and O–H groups in total. The Morgan fingerprint density at radius 2 is 2.36 bits per heavy atom. The maximum atomic E-state index is 8.49. The van der Waals surface area contributed by atoms with Gasteiger partial charge in [-0.25, -0.2) is 9.50 Å². The van der Waals surface area contributed by atoms with Gasteiger partial charge in [-0.3, -0.25) is 0 Å². The van der Waals surface area contributed by atoms with Crippen molar-refractivity contribution in [1.29, 1.82) is 5.26 Å². The molecule has 4 nitrogen and oxygen atoms in total. The summed E-state index contributed by atoms with van der Waals surface area (Å²) >= 11 is 0. The van der Waals surface area contributed by atoms with E-state index in [0.717, 1.165) is 0 Å². The summed E-state index contributed by atoms with van der Waals surface area (Å²) in [5.41, 5.74) is 1.11. The quantitative estimate of drug-likeness (QED) is 0.544. The fourth-order valence-corrected chi connectivity index (χ4v) is 0.875. The van der Waals surface area contributed by atoms with Crippen LogP contribution in [0, 0.1) is 11.3 Å². The second-order valence-corrected chi connectivity index (χ2v) is 2.06. The van der Waals surface area contributed by atoms with Crippen molar-refractivity contribution >= 4 is 5.65 Å². The molecule has 0 spiro atoms. The average molecular weight is 144 g/mol. The fraction of sp³-hybridized carbons (Fsp3) is 0. The molecule has 4 heteroatoms. The zero-order valence-electron chi connectivity index (χ0n) is 5.60. The third-order valence-corrected chi connectivity index (χ3v) is 1.37. The number of hydrogen-bond acceptors (Lipinski definition) is 3. The maximum absolute atomic E-state index is 8.49. The zero-order chi connectivity index (χ0) is 7.68. The summed E-state index contributed by atoms with van der Waals surface area (Å²) in [6, 6.07) is 5.33. The summed E-state index contributed by atoms with van der Waals surface area (Å²) in [5.74, 6) is 0. The van der Waals surface area contributed by atoms with Crippen LogP contribution in [0.1, 0.15) is 5.69 Å². The largest absolute Gasteiger partial charge is 0.223 e. The van der Waals surface area contributed by atoms with Gasteiger partial charge in [-0.1, -0.05) is 0 Å². The third kappa shape index (κ3) is 0.829. The van der Waals surface area contributed by atoms with Crippen molar-refractivity contribution in [3.05, 3.63) is 30.2 Å². The molecule has 0 amide bonds. The van der Waals surface area contributed by atoms with Gasteiger partial charge in [-0.05, 0) is 6.07 Å². The highest BCUT2D eigenvalue weighted by Gasteiger charge is 1.94. The van der Waals surface area contributed by atoms with Gasteiger partial charge >= 0.3 is 0 Å². The highest BCUT2D eigenvalue weighted by molar-refractivity contribution is 5.38. The molecule has 11 heavy (non-hydrogen) atoms. The van der Waals surface area contributed by atoms with E-state index in [1.54, 1.807) is 29.0 Å². The summed E-state index contributed by atoms with van der Waals surface area (Å²) in [6.45, 7) is 0. The number of nitriles is 1. The van der Waals surface area contributed by atoms with Crippen LogP contribution in [0.5, 0.6) is 0 Å². The first-order valence-electron chi connectivity index (χ1n) is 3.10. The average Bonchev–Trinajstić information content (AvgIpc) is 2.50. The predicted octanol–water partition coefficient (Wildman–Crippen LogP) is 0.601. The van der Waals surface area contributed by atoms with Crippen molar-refractivity contribution < 1.29 is 0 Å². The molecule has 52 valence electrons. The Labute approximate surface area is 62.7 Å². The second kappa shape index (κ2) is 2.06. The predicted molar refractivity (Wildman–Crippen MR) is 37.7 cm³/mol. The van der Waals surface area contributed by atoms with E-state index in [2.05, 4.69) is 10.1 Å². The molecule has 2 heterocycles. The van der Waals surface area contributed by atoms with Crippen LogP contribution < -0.4 is 0 Å². The van der Waals surface area contributed by atoms with Gasteiger partial charge in [0.25, 0.3) is 0 Å². The van der Waals surface area contributed by atoms with Crippen LogP contribution in [-0.2, 0) is 0 Å². The topological polar surface area (TPSA) is 54.0 Å². The molecule has 0 saturated heterocycles. The summed E-state index contributed by atoms with van der Waals surface area (Å²) < 4.78 is 1.61. The Morgan fingerprint density at radius 1 is 1.45 bits per heavy atom. The van der Waals surface area contributed by atoms with Crippen LogP contribution >= 0.6 is 0 Å². The van der Waals surface area contributed by atoms with Gasteiger partial charge < -0.3 is 0 Å². The number of aromatic nitrogens is 3. The van der Waals surface area contributed by atoms with Crippen molar-refractivity contribution in [2.24, 2.45) is 0 Å². The van der Waals surface area contributed by atoms with Crippen molar-refractivity contribution in [2.75, 3.05) is 0 Å². The summed E-state index contributed by atoms with van der Waals surface area (Å²) in [5, 5.41) is 12.4. The van der Waals surface area contributed by atoms with Gasteiger partial charge in [0.2, 0.25) is 0 Å². The zero-order valence-corrected chi connectivity index (χ0v) is 5.60. The van der Waals surface area contributed by atoms with E-state index in [1.807, 2.05) is 6.07 Å². The Morgan fingerprint density at radius 3 is 3.18 bits per heavy atom. The fourth-order valence-electron chi connectivity index (χ4n) is 0.875. The van der Waals surface area contributed by atoms with Gasteiger partial charge in [0, 0.05) is 12.3 Å². The lowest BCUT2D eigenvalue weighted by atomic mass is 10.4. The summed E-state index contributed by atoms with van der Waals surface area (Å²) in [6.07, 6.45) is 3.35. The number of hydrogen-bond donors (Lipinski definition) is 0. The van der Waals surface area contributed by atoms with E-state index < -0.39 is 0 Å². The molecular weight excluding hydrogens is 140 g/mol. The van der Waals surface area contributed by atoms with Gasteiger partial charge in [0.15, 0.2) is 5.65 Å². The van der Waals surface area contributed by atoms with Gasteiger partial charge in [-0.15, -0.1) is 0 Å². The van der Waals surface area contributed by atoms with Crippen molar-refractivity contribution in [2.45, 2.75) is 0 Å². The summed E-state index contributed by atoms with van der Waals surface area (Å²) in [4.78, 5) is 3.99. The number of fused-ring (bicyclic) bond motifs is 1. The molecule has 2 aromatic rings. The van der Waals surface area contributed by atoms with Crippen LogP contribution in [0.15, 0.2) is 24.5 Å². The minimum Gasteiger partial charge on any atom is -0.223 e. The lowest BCUT2D eigenvalue weighted by molar-refractivity contribution is 0.935. The van der Waals surface area contributed by atoms with E-state index in [0.29, 0.717) is 11.3 Å². The SMILES string of the molecule is N#Cc1ccn2nccc2n1. The highest BCUT2D eigenvalue weighted by Crippen LogP contribution is 1.98. The molecule has 2 rings (SSSR count). The molecule has 0 fully saturated rings. The Balaban J connectivity index is 2.79. The Hall–Kier alpha value is -1.89. The molecule has 0 unspecified atom stereocenters. The van der Waals surface area contributed by atoms with Gasteiger partial charge in [-0.2, -0.15) is 10.4 Å². The van der Waals surface area contributed by atoms with Crippen LogP contribution in [-0.4, -0.2) is 14.6 Å². The maximum Gasteiger partial charge on any atom is 0.156 e. The molecule has 0 atom stereocenters. The monoisotopic (exact) mass is 144 g/mol. The molecule has 0 aromatic carbocycles. The normalized spacial score (nSPS) is 9.73. The molecule has 0 radical (unpaired) electrons. The third-order valence-electron chi connectivity index (χ3n) is 1.37. The molecule has 0 aliphatic rings. The van der Waals surface area contributed by atoms with Crippen molar-refractivity contribution in [3.63, 3.8) is 0 Å². The first-order valence-corrected chi connectivity index (χ1v) is 3.10. The van der Waals surface area contributed by atoms with Gasteiger partial charge in [0.05, 0.1) is 6.20 Å². The number of rotatable bonds is 0. The van der Waals surface area contributed by atoms with Crippen molar-refractivity contribution in [1.82, 2.24) is 14.6 Å².